The first kappa shape index (κ1) is 25.0. The van der Waals surface area contributed by atoms with Crippen LogP contribution in [0.1, 0.15) is 68.1 Å². The predicted molar refractivity (Wildman–Crippen MR) is 140 cm³/mol. The molecule has 0 amide bonds. The van der Waals surface area contributed by atoms with Gasteiger partial charge in [-0.15, -0.1) is 6.58 Å². The minimum Gasteiger partial charge on any atom is -0.490 e. The van der Waals surface area contributed by atoms with Crippen LogP contribution < -0.4 is 14.8 Å². The van der Waals surface area contributed by atoms with Gasteiger partial charge < -0.3 is 14.8 Å². The van der Waals surface area contributed by atoms with Crippen molar-refractivity contribution >= 4 is 11.6 Å². The number of nitrogens with one attached hydrogen (secondary N) is 1. The molecule has 192 valence electrons. The van der Waals surface area contributed by atoms with Crippen LogP contribution >= 0.6 is 0 Å². The summed E-state index contributed by atoms with van der Waals surface area (Å²) in [7, 11) is 0. The van der Waals surface area contributed by atoms with Crippen LogP contribution in [0.5, 0.6) is 11.5 Å². The van der Waals surface area contributed by atoms with Crippen molar-refractivity contribution in [3.05, 3.63) is 94.1 Å². The molecule has 2 aromatic carbocycles. The first-order chi connectivity index (χ1) is 18.0. The highest BCUT2D eigenvalue weighted by molar-refractivity contribution is 6.06. The number of dihydropyridines is 1. The second kappa shape index (κ2) is 10.8. The van der Waals surface area contributed by atoms with Crippen molar-refractivity contribution in [3.63, 3.8) is 0 Å². The summed E-state index contributed by atoms with van der Waals surface area (Å²) < 4.78 is 26.5. The quantitative estimate of drug-likeness (QED) is 0.434. The maximum atomic E-state index is 14.3. The number of hydrogen-bond donors (Lipinski definition) is 1. The van der Waals surface area contributed by atoms with E-state index >= 15 is 0 Å². The van der Waals surface area contributed by atoms with E-state index in [4.69, 9.17) is 9.47 Å². The van der Waals surface area contributed by atoms with E-state index in [2.05, 4.69) is 11.9 Å². The number of carbonyl (C=O) groups excluding carboxylic acids is 2. The molecule has 0 fully saturated rings. The number of Topliss-reactive ketones (excluding diaryl/α,β-unsaturated/α-hetero) is 2. The highest BCUT2D eigenvalue weighted by Crippen LogP contribution is 2.47. The molecule has 3 aliphatic rings. The van der Waals surface area contributed by atoms with Gasteiger partial charge in [-0.2, -0.15) is 0 Å². The smallest absolute Gasteiger partial charge is 0.165 e. The zero-order chi connectivity index (χ0) is 25.9. The third kappa shape index (κ3) is 4.85. The van der Waals surface area contributed by atoms with Crippen LogP contribution in [0, 0.1) is 5.82 Å². The van der Waals surface area contributed by atoms with Gasteiger partial charge in [0.2, 0.25) is 0 Å². The van der Waals surface area contributed by atoms with Crippen molar-refractivity contribution in [1.82, 2.24) is 5.32 Å². The van der Waals surface area contributed by atoms with E-state index in [1.165, 1.54) is 6.07 Å². The largest absolute Gasteiger partial charge is 0.490 e. The summed E-state index contributed by atoms with van der Waals surface area (Å²) in [5, 5.41) is 3.46. The number of carbonyl (C=O) groups is 2. The molecule has 0 radical (unpaired) electrons. The fraction of sp³-hybridized carbons (Fsp3) is 0.355. The molecule has 1 N–H and O–H groups in total. The molecule has 37 heavy (non-hydrogen) atoms. The zero-order valence-electron chi connectivity index (χ0n) is 21.2. The van der Waals surface area contributed by atoms with Gasteiger partial charge in [-0.1, -0.05) is 30.3 Å². The molecule has 0 saturated heterocycles. The first-order valence-corrected chi connectivity index (χ1v) is 13.1. The Hall–Kier alpha value is -3.67. The van der Waals surface area contributed by atoms with Gasteiger partial charge in [0.25, 0.3) is 0 Å². The SMILES string of the molecule is C=CCc1cc(C2C3=C(CCCC3=O)NC3=C2C(=O)CCC3)cc(OCC)c1OCc1ccccc1F. The molecule has 2 aromatic rings. The molecule has 2 aliphatic carbocycles. The Balaban J connectivity index is 1.63. The van der Waals surface area contributed by atoms with Crippen molar-refractivity contribution in [1.29, 1.82) is 0 Å². The molecular weight excluding hydrogens is 469 g/mol. The standard InChI is InChI=1S/C31H32FNO4/c1-3-9-19-16-21(17-27(36-4-2)31(19)37-18-20-10-5-6-11-22(20)32)28-29-23(12-7-14-25(29)34)33-24-13-8-15-26(35)30(24)28/h3,5-6,10-11,16-17,28,33H,1,4,7-9,12-15,18H2,2H3. The summed E-state index contributed by atoms with van der Waals surface area (Å²) in [6, 6.07) is 10.4. The van der Waals surface area contributed by atoms with E-state index in [1.807, 2.05) is 19.1 Å². The second-order valence-electron chi connectivity index (χ2n) is 9.71. The molecule has 6 heteroatoms. The van der Waals surface area contributed by atoms with Crippen LogP contribution in [0.15, 0.2) is 71.6 Å². The summed E-state index contributed by atoms with van der Waals surface area (Å²) in [4.78, 5) is 26.5. The maximum absolute atomic E-state index is 14.3. The Bertz CT molecular complexity index is 1280. The van der Waals surface area contributed by atoms with Crippen LogP contribution in [0.3, 0.4) is 0 Å². The average molecular weight is 502 g/mol. The summed E-state index contributed by atoms with van der Waals surface area (Å²) in [5.74, 6) is 0.454. The molecule has 1 aliphatic heterocycles. The molecular formula is C31H32FNO4. The molecule has 1 heterocycles. The van der Waals surface area contributed by atoms with Crippen molar-refractivity contribution < 1.29 is 23.5 Å². The van der Waals surface area contributed by atoms with E-state index in [0.29, 0.717) is 54.1 Å². The van der Waals surface area contributed by atoms with E-state index < -0.39 is 5.92 Å². The summed E-state index contributed by atoms with van der Waals surface area (Å²) >= 11 is 0. The number of halogens is 1. The first-order valence-electron chi connectivity index (χ1n) is 13.1. The molecule has 0 unspecified atom stereocenters. The van der Waals surface area contributed by atoms with Gasteiger partial charge in [0.15, 0.2) is 23.1 Å². The normalized spacial score (nSPS) is 17.8. The number of hydrogen-bond acceptors (Lipinski definition) is 5. The predicted octanol–water partition coefficient (Wildman–Crippen LogP) is 6.23. The summed E-state index contributed by atoms with van der Waals surface area (Å²) in [5.41, 5.74) is 5.39. The Labute approximate surface area is 217 Å². The number of rotatable bonds is 8. The van der Waals surface area contributed by atoms with Crippen LogP contribution in [0.25, 0.3) is 0 Å². The van der Waals surface area contributed by atoms with E-state index in [-0.39, 0.29) is 24.0 Å². The molecule has 0 bridgehead atoms. The number of benzene rings is 2. The Morgan fingerprint density at radius 2 is 1.65 bits per heavy atom. The van der Waals surface area contributed by atoms with Crippen LogP contribution in [-0.2, 0) is 22.6 Å². The third-order valence-electron chi connectivity index (χ3n) is 7.27. The van der Waals surface area contributed by atoms with Gasteiger partial charge in [-0.05, 0) is 56.7 Å². The van der Waals surface area contributed by atoms with Crippen molar-refractivity contribution in [2.24, 2.45) is 0 Å². The highest BCUT2D eigenvalue weighted by Gasteiger charge is 2.40. The van der Waals surface area contributed by atoms with Crippen molar-refractivity contribution in [2.75, 3.05) is 6.61 Å². The highest BCUT2D eigenvalue weighted by atomic mass is 19.1. The lowest BCUT2D eigenvalue weighted by Gasteiger charge is -2.37. The minimum absolute atomic E-state index is 0.0468. The van der Waals surface area contributed by atoms with Crippen molar-refractivity contribution in [3.8, 4) is 11.5 Å². The second-order valence-corrected chi connectivity index (χ2v) is 9.71. The lowest BCUT2D eigenvalue weighted by atomic mass is 9.71. The minimum atomic E-state index is -0.435. The van der Waals surface area contributed by atoms with Gasteiger partial charge in [-0.25, -0.2) is 4.39 Å². The topological polar surface area (TPSA) is 64.6 Å². The molecule has 5 rings (SSSR count). The molecule has 0 saturated carbocycles. The number of ketones is 2. The van der Waals surface area contributed by atoms with Crippen LogP contribution in [-0.4, -0.2) is 18.2 Å². The fourth-order valence-electron chi connectivity index (χ4n) is 5.67. The van der Waals surface area contributed by atoms with Crippen LogP contribution in [0.4, 0.5) is 4.39 Å². The Morgan fingerprint density at radius 3 is 2.27 bits per heavy atom. The van der Waals surface area contributed by atoms with E-state index in [1.54, 1.807) is 24.3 Å². The lowest BCUT2D eigenvalue weighted by molar-refractivity contribution is -0.117. The van der Waals surface area contributed by atoms with Gasteiger partial charge in [0, 0.05) is 52.4 Å². The number of ether oxygens (including phenoxy) is 2. The Morgan fingerprint density at radius 1 is 0.973 bits per heavy atom. The molecule has 5 nitrogen and oxygen atoms in total. The summed E-state index contributed by atoms with van der Waals surface area (Å²) in [6.45, 7) is 6.25. The maximum Gasteiger partial charge on any atom is 0.165 e. The Kier molecular flexibility index (Phi) is 7.26. The fourth-order valence-corrected chi connectivity index (χ4v) is 5.67. The average Bonchev–Trinajstić information content (AvgIpc) is 2.88. The van der Waals surface area contributed by atoms with Gasteiger partial charge in [0.1, 0.15) is 12.4 Å². The van der Waals surface area contributed by atoms with Gasteiger partial charge in [0.05, 0.1) is 6.61 Å². The third-order valence-corrected chi connectivity index (χ3v) is 7.27. The number of allylic oxidation sites excluding steroid dienone is 5. The van der Waals surface area contributed by atoms with E-state index in [9.17, 15) is 14.0 Å². The van der Waals surface area contributed by atoms with Gasteiger partial charge in [-0.3, -0.25) is 9.59 Å². The summed E-state index contributed by atoms with van der Waals surface area (Å²) in [6.07, 6.45) is 6.44. The van der Waals surface area contributed by atoms with Gasteiger partial charge >= 0.3 is 0 Å². The van der Waals surface area contributed by atoms with Crippen molar-refractivity contribution in [2.45, 2.75) is 64.4 Å². The van der Waals surface area contributed by atoms with E-state index in [0.717, 1.165) is 48.2 Å². The monoisotopic (exact) mass is 501 g/mol. The molecule has 0 aromatic heterocycles. The molecule has 0 spiro atoms. The zero-order valence-corrected chi connectivity index (χ0v) is 21.2. The lowest BCUT2D eigenvalue weighted by Crippen LogP contribution is -2.36. The molecule has 0 atom stereocenters. The van der Waals surface area contributed by atoms with Crippen LogP contribution in [0.2, 0.25) is 0 Å².